The molecule has 0 fully saturated rings. The molecule has 12 rings (SSSR count). The van der Waals surface area contributed by atoms with E-state index in [-0.39, 0.29) is 5.41 Å². The van der Waals surface area contributed by atoms with E-state index >= 15 is 0 Å². The fourth-order valence-corrected chi connectivity index (χ4v) is 10.2. The number of hydrogen-bond donors (Lipinski definition) is 0. The summed E-state index contributed by atoms with van der Waals surface area (Å²) in [5.74, 6) is 0. The smallest absolute Gasteiger partial charge is 0.0546 e. The highest BCUT2D eigenvalue weighted by molar-refractivity contribution is 6.14. The maximum absolute atomic E-state index is 2.47. The minimum atomic E-state index is -0.269. The fraction of sp³-hybridized carbons (Fsp3) is 0.0492. The molecular weight excluding hydrogens is 761 g/mol. The molecule has 11 aromatic rings. The maximum Gasteiger partial charge on any atom is 0.0546 e. The predicted octanol–water partition coefficient (Wildman–Crippen LogP) is 17.2. The molecule has 2 heteroatoms. The van der Waals surface area contributed by atoms with Crippen molar-refractivity contribution in [1.29, 1.82) is 0 Å². The van der Waals surface area contributed by atoms with Crippen molar-refractivity contribution >= 4 is 77.2 Å². The van der Waals surface area contributed by atoms with Gasteiger partial charge in [0.1, 0.15) is 0 Å². The van der Waals surface area contributed by atoms with Crippen LogP contribution in [0.5, 0.6) is 0 Å². The van der Waals surface area contributed by atoms with Gasteiger partial charge in [0.25, 0.3) is 0 Å². The van der Waals surface area contributed by atoms with Gasteiger partial charge in [-0.3, -0.25) is 0 Å². The van der Waals surface area contributed by atoms with Crippen molar-refractivity contribution in [2.75, 3.05) is 9.80 Å². The van der Waals surface area contributed by atoms with Gasteiger partial charge in [-0.1, -0.05) is 178 Å². The van der Waals surface area contributed by atoms with Crippen LogP contribution >= 0.6 is 0 Å². The number of para-hydroxylation sites is 1. The Labute approximate surface area is 368 Å². The number of hydrogen-bond acceptors (Lipinski definition) is 2. The second-order valence-electron chi connectivity index (χ2n) is 17.4. The van der Waals surface area contributed by atoms with Gasteiger partial charge in [0, 0.05) is 38.9 Å². The van der Waals surface area contributed by atoms with Gasteiger partial charge in [-0.25, -0.2) is 0 Å². The molecule has 63 heavy (non-hydrogen) atoms. The molecule has 11 aromatic carbocycles. The Kier molecular flexibility index (Phi) is 8.55. The van der Waals surface area contributed by atoms with E-state index in [0.717, 1.165) is 28.4 Å². The lowest BCUT2D eigenvalue weighted by Crippen LogP contribution is -2.18. The van der Waals surface area contributed by atoms with Crippen LogP contribution in [0.2, 0.25) is 0 Å². The SMILES string of the molecule is CC1(C)c2cc(N(c3ccccc3)c3cccc4ccccc34)ccc2-c2ccc(N(c3ccc(-c4ccc5ccccc5c4)cc3)c3cc4ccccc4c4ccccc34)cc21. The van der Waals surface area contributed by atoms with Crippen LogP contribution in [-0.4, -0.2) is 0 Å². The predicted molar refractivity (Wildman–Crippen MR) is 269 cm³/mol. The van der Waals surface area contributed by atoms with E-state index in [1.54, 1.807) is 0 Å². The average Bonchev–Trinajstić information content (AvgIpc) is 3.56. The summed E-state index contributed by atoms with van der Waals surface area (Å²) in [5.41, 5.74) is 14.2. The summed E-state index contributed by atoms with van der Waals surface area (Å²) in [6.07, 6.45) is 0. The van der Waals surface area contributed by atoms with Gasteiger partial charge in [0.2, 0.25) is 0 Å². The van der Waals surface area contributed by atoms with Gasteiger partial charge >= 0.3 is 0 Å². The maximum atomic E-state index is 2.47. The molecule has 1 aliphatic rings. The summed E-state index contributed by atoms with van der Waals surface area (Å²) in [5, 5.41) is 9.91. The molecule has 2 nitrogen and oxygen atoms in total. The zero-order chi connectivity index (χ0) is 42.1. The fourth-order valence-electron chi connectivity index (χ4n) is 10.2. The lowest BCUT2D eigenvalue weighted by molar-refractivity contribution is 0.660. The molecule has 0 unspecified atom stereocenters. The summed E-state index contributed by atoms with van der Waals surface area (Å²) >= 11 is 0. The summed E-state index contributed by atoms with van der Waals surface area (Å²) in [6.45, 7) is 4.79. The number of rotatable bonds is 7. The van der Waals surface area contributed by atoms with Crippen LogP contribution in [0.25, 0.3) is 65.3 Å². The minimum absolute atomic E-state index is 0.269. The van der Waals surface area contributed by atoms with Gasteiger partial charge in [-0.05, 0) is 132 Å². The van der Waals surface area contributed by atoms with Crippen LogP contribution in [0, 0.1) is 0 Å². The number of fused-ring (bicyclic) bond motifs is 8. The van der Waals surface area contributed by atoms with Gasteiger partial charge in [-0.15, -0.1) is 0 Å². The summed E-state index contributed by atoms with van der Waals surface area (Å²) < 4.78 is 0. The van der Waals surface area contributed by atoms with Gasteiger partial charge in [0.15, 0.2) is 0 Å². The largest absolute Gasteiger partial charge is 0.310 e. The first-order valence-corrected chi connectivity index (χ1v) is 21.9. The van der Waals surface area contributed by atoms with Crippen molar-refractivity contribution in [2.24, 2.45) is 0 Å². The third kappa shape index (κ3) is 6.09. The molecule has 0 saturated heterocycles. The van der Waals surface area contributed by atoms with Gasteiger partial charge < -0.3 is 9.80 Å². The first-order valence-electron chi connectivity index (χ1n) is 21.9. The molecule has 1 aliphatic carbocycles. The van der Waals surface area contributed by atoms with Crippen LogP contribution < -0.4 is 9.80 Å². The molecule has 0 saturated carbocycles. The normalized spacial score (nSPS) is 12.7. The highest BCUT2D eigenvalue weighted by Crippen LogP contribution is 2.53. The van der Waals surface area contributed by atoms with Gasteiger partial charge in [-0.2, -0.15) is 0 Å². The molecule has 0 aliphatic heterocycles. The quantitative estimate of drug-likeness (QED) is 0.148. The van der Waals surface area contributed by atoms with E-state index in [1.165, 1.54) is 82.2 Å². The number of anilines is 6. The Balaban J connectivity index is 1.00. The molecule has 0 aromatic heterocycles. The van der Waals surface area contributed by atoms with Crippen LogP contribution in [0.3, 0.4) is 0 Å². The van der Waals surface area contributed by atoms with E-state index in [2.05, 4.69) is 254 Å². The van der Waals surface area contributed by atoms with Crippen molar-refractivity contribution in [2.45, 2.75) is 19.3 Å². The zero-order valence-corrected chi connectivity index (χ0v) is 35.3. The number of benzene rings is 11. The Morgan fingerprint density at radius 1 is 0.286 bits per heavy atom. The van der Waals surface area contributed by atoms with Gasteiger partial charge in [0.05, 0.1) is 11.4 Å². The Bertz CT molecular complexity index is 3540. The van der Waals surface area contributed by atoms with E-state index in [0.29, 0.717) is 0 Å². The Morgan fingerprint density at radius 2 is 0.794 bits per heavy atom. The Hall–Kier alpha value is -7.94. The summed E-state index contributed by atoms with van der Waals surface area (Å²) in [4.78, 5) is 4.89. The lowest BCUT2D eigenvalue weighted by atomic mass is 9.82. The van der Waals surface area contributed by atoms with Crippen LogP contribution in [-0.2, 0) is 5.41 Å². The van der Waals surface area contributed by atoms with Crippen molar-refractivity contribution in [3.05, 3.63) is 242 Å². The highest BCUT2D eigenvalue weighted by Gasteiger charge is 2.37. The summed E-state index contributed by atoms with van der Waals surface area (Å²) in [6, 6.07) is 84.8. The molecule has 0 radical (unpaired) electrons. The molecule has 0 bridgehead atoms. The molecule has 0 atom stereocenters. The van der Waals surface area contributed by atoms with Crippen LogP contribution in [0.15, 0.2) is 231 Å². The molecule has 0 spiro atoms. The monoisotopic (exact) mass is 804 g/mol. The van der Waals surface area contributed by atoms with Crippen molar-refractivity contribution in [3.8, 4) is 22.3 Å². The topological polar surface area (TPSA) is 6.48 Å². The zero-order valence-electron chi connectivity index (χ0n) is 35.3. The first kappa shape index (κ1) is 36.9. The standard InChI is InChI=1S/C61H44N2/c1-61(2)57-39-49(62(47-20-4-3-5-21-47)59-26-14-19-43-16-8-11-23-52(43)59)33-35-54(57)55-36-34-50(40-58(55)61)63(60-38-46-18-9-10-22-51(46)53-24-12-13-25-56(53)60)48-31-29-42(30-32-48)45-28-27-41-15-6-7-17-44(41)37-45/h3-40H,1-2H3. The molecule has 0 amide bonds. The highest BCUT2D eigenvalue weighted by atomic mass is 15.1. The first-order chi connectivity index (χ1) is 31.0. The van der Waals surface area contributed by atoms with Crippen molar-refractivity contribution in [1.82, 2.24) is 0 Å². The van der Waals surface area contributed by atoms with E-state index in [4.69, 9.17) is 0 Å². The number of nitrogens with zero attached hydrogens (tertiary/aromatic N) is 2. The van der Waals surface area contributed by atoms with Crippen LogP contribution in [0.4, 0.5) is 34.1 Å². The van der Waals surface area contributed by atoms with Crippen molar-refractivity contribution in [3.63, 3.8) is 0 Å². The van der Waals surface area contributed by atoms with E-state index in [1.807, 2.05) is 0 Å². The lowest BCUT2D eigenvalue weighted by Gasteiger charge is -2.30. The molecular formula is C61H44N2. The second-order valence-corrected chi connectivity index (χ2v) is 17.4. The average molecular weight is 805 g/mol. The van der Waals surface area contributed by atoms with E-state index in [9.17, 15) is 0 Å². The molecule has 0 heterocycles. The minimum Gasteiger partial charge on any atom is -0.310 e. The Morgan fingerprint density at radius 3 is 1.51 bits per heavy atom. The van der Waals surface area contributed by atoms with Crippen LogP contribution in [0.1, 0.15) is 25.0 Å². The van der Waals surface area contributed by atoms with Crippen molar-refractivity contribution < 1.29 is 0 Å². The molecule has 0 N–H and O–H groups in total. The summed E-state index contributed by atoms with van der Waals surface area (Å²) in [7, 11) is 0. The third-order valence-corrected chi connectivity index (χ3v) is 13.4. The van der Waals surface area contributed by atoms with E-state index < -0.39 is 0 Å². The second kappa shape index (κ2) is 14.6. The third-order valence-electron chi connectivity index (χ3n) is 13.4. The molecule has 298 valence electrons.